The minimum Gasteiger partial charge on any atom is -0.494 e. The number of rotatable bonds is 6. The highest BCUT2D eigenvalue weighted by atomic mass is 16.5. The predicted octanol–water partition coefficient (Wildman–Crippen LogP) is 2.45. The summed E-state index contributed by atoms with van der Waals surface area (Å²) in [6.45, 7) is 1.27. The molecule has 1 aliphatic carbocycles. The Morgan fingerprint density at radius 3 is 2.79 bits per heavy atom. The van der Waals surface area contributed by atoms with Gasteiger partial charge in [-0.05, 0) is 30.9 Å². The minimum atomic E-state index is 0.140. The van der Waals surface area contributed by atoms with E-state index in [1.807, 2.05) is 30.3 Å². The van der Waals surface area contributed by atoms with Crippen LogP contribution in [0.2, 0.25) is 0 Å². The van der Waals surface area contributed by atoms with Crippen molar-refractivity contribution >= 4 is 11.6 Å². The van der Waals surface area contributed by atoms with E-state index in [4.69, 9.17) is 4.74 Å². The van der Waals surface area contributed by atoms with Crippen molar-refractivity contribution < 1.29 is 9.53 Å². The second-order valence-electron chi connectivity index (χ2n) is 5.07. The van der Waals surface area contributed by atoms with Crippen LogP contribution in [0.5, 0.6) is 5.75 Å². The van der Waals surface area contributed by atoms with Crippen LogP contribution in [0.25, 0.3) is 0 Å². The molecule has 1 heterocycles. The molecule has 1 aromatic carbocycles. The van der Waals surface area contributed by atoms with Crippen molar-refractivity contribution in [3.8, 4) is 5.75 Å². The van der Waals surface area contributed by atoms with E-state index in [0.29, 0.717) is 25.5 Å². The molecule has 4 nitrogen and oxygen atoms in total. The lowest BCUT2D eigenvalue weighted by atomic mass is 10.2. The summed E-state index contributed by atoms with van der Waals surface area (Å²) in [7, 11) is 0. The molecule has 1 saturated carbocycles. The van der Waals surface area contributed by atoms with E-state index < -0.39 is 0 Å². The van der Waals surface area contributed by atoms with E-state index in [0.717, 1.165) is 17.9 Å². The first kappa shape index (κ1) is 12.2. The highest BCUT2D eigenvalue weighted by Crippen LogP contribution is 2.34. The zero-order valence-electron chi connectivity index (χ0n) is 10.9. The molecule has 2 aliphatic rings. The van der Waals surface area contributed by atoms with Gasteiger partial charge in [0.05, 0.1) is 18.7 Å². The monoisotopic (exact) mass is 258 g/mol. The third kappa shape index (κ3) is 3.13. The number of hydrogen-bond acceptors (Lipinski definition) is 3. The SMILES string of the molecule is O=C1CC(C2CC2)=NN1CCCOc1ccccc1. The molecule has 0 N–H and O–H groups in total. The van der Waals surface area contributed by atoms with E-state index in [2.05, 4.69) is 5.10 Å². The maximum Gasteiger partial charge on any atom is 0.248 e. The van der Waals surface area contributed by atoms with Crippen LogP contribution in [0.3, 0.4) is 0 Å². The van der Waals surface area contributed by atoms with Gasteiger partial charge >= 0.3 is 0 Å². The zero-order chi connectivity index (χ0) is 13.1. The molecule has 100 valence electrons. The molecule has 0 unspecified atom stereocenters. The fourth-order valence-corrected chi connectivity index (χ4v) is 2.23. The normalized spacial score (nSPS) is 18.6. The smallest absolute Gasteiger partial charge is 0.248 e. The van der Waals surface area contributed by atoms with Gasteiger partial charge in [0.25, 0.3) is 0 Å². The van der Waals surface area contributed by atoms with E-state index in [1.54, 1.807) is 5.01 Å². The summed E-state index contributed by atoms with van der Waals surface area (Å²) in [4.78, 5) is 11.8. The fraction of sp³-hybridized carbons (Fsp3) is 0.467. The Hall–Kier alpha value is -1.84. The Morgan fingerprint density at radius 2 is 2.05 bits per heavy atom. The number of ether oxygens (including phenoxy) is 1. The molecule has 0 atom stereocenters. The second kappa shape index (κ2) is 5.43. The van der Waals surface area contributed by atoms with Crippen LogP contribution in [0.1, 0.15) is 25.7 Å². The maximum absolute atomic E-state index is 11.8. The highest BCUT2D eigenvalue weighted by molar-refractivity contribution is 6.06. The lowest BCUT2D eigenvalue weighted by Gasteiger charge is -2.12. The van der Waals surface area contributed by atoms with Crippen LogP contribution in [0, 0.1) is 5.92 Å². The molecular weight excluding hydrogens is 240 g/mol. The molecule has 1 fully saturated rings. The number of para-hydroxylation sites is 1. The lowest BCUT2D eigenvalue weighted by molar-refractivity contribution is -0.128. The first-order valence-electron chi connectivity index (χ1n) is 6.88. The second-order valence-corrected chi connectivity index (χ2v) is 5.07. The maximum atomic E-state index is 11.8. The van der Waals surface area contributed by atoms with Crippen molar-refractivity contribution in [3.05, 3.63) is 30.3 Å². The third-order valence-corrected chi connectivity index (χ3v) is 3.44. The van der Waals surface area contributed by atoms with E-state index >= 15 is 0 Å². The number of carbonyl (C=O) groups is 1. The van der Waals surface area contributed by atoms with Gasteiger partial charge in [-0.2, -0.15) is 5.10 Å². The quantitative estimate of drug-likeness (QED) is 0.735. The highest BCUT2D eigenvalue weighted by Gasteiger charge is 2.34. The molecule has 1 amide bonds. The lowest BCUT2D eigenvalue weighted by Crippen LogP contribution is -2.23. The van der Waals surface area contributed by atoms with Gasteiger partial charge in [0.15, 0.2) is 0 Å². The van der Waals surface area contributed by atoms with Gasteiger partial charge in [0, 0.05) is 13.0 Å². The van der Waals surface area contributed by atoms with Crippen LogP contribution in [0.15, 0.2) is 35.4 Å². The first-order chi connectivity index (χ1) is 9.33. The van der Waals surface area contributed by atoms with Gasteiger partial charge in [-0.3, -0.25) is 4.79 Å². The van der Waals surface area contributed by atoms with Crippen LogP contribution in [-0.2, 0) is 4.79 Å². The van der Waals surface area contributed by atoms with Crippen molar-refractivity contribution in [2.45, 2.75) is 25.7 Å². The summed E-state index contributed by atoms with van der Waals surface area (Å²) in [6, 6.07) is 9.73. The summed E-state index contributed by atoms with van der Waals surface area (Å²) in [5.41, 5.74) is 1.09. The Morgan fingerprint density at radius 1 is 1.26 bits per heavy atom. The topological polar surface area (TPSA) is 41.9 Å². The third-order valence-electron chi connectivity index (χ3n) is 3.44. The summed E-state index contributed by atoms with van der Waals surface area (Å²) < 4.78 is 5.60. The molecule has 0 spiro atoms. The van der Waals surface area contributed by atoms with E-state index in [-0.39, 0.29) is 5.91 Å². The largest absolute Gasteiger partial charge is 0.494 e. The van der Waals surface area contributed by atoms with Crippen molar-refractivity contribution in [1.82, 2.24) is 5.01 Å². The van der Waals surface area contributed by atoms with Crippen LogP contribution in [-0.4, -0.2) is 29.8 Å². The van der Waals surface area contributed by atoms with Gasteiger partial charge in [-0.1, -0.05) is 18.2 Å². The Kier molecular flexibility index (Phi) is 3.49. The predicted molar refractivity (Wildman–Crippen MR) is 73.0 cm³/mol. The molecule has 0 bridgehead atoms. The van der Waals surface area contributed by atoms with Crippen molar-refractivity contribution in [2.75, 3.05) is 13.2 Å². The molecule has 19 heavy (non-hydrogen) atoms. The van der Waals surface area contributed by atoms with Gasteiger partial charge in [-0.25, -0.2) is 5.01 Å². The van der Waals surface area contributed by atoms with Crippen LogP contribution in [0.4, 0.5) is 0 Å². The molecule has 0 radical (unpaired) electrons. The number of carbonyl (C=O) groups excluding carboxylic acids is 1. The average molecular weight is 258 g/mol. The zero-order valence-corrected chi connectivity index (χ0v) is 10.9. The molecule has 3 rings (SSSR count). The molecule has 1 aromatic rings. The number of nitrogens with zero attached hydrogens (tertiary/aromatic N) is 2. The Labute approximate surface area is 113 Å². The van der Waals surface area contributed by atoms with Gasteiger partial charge in [-0.15, -0.1) is 0 Å². The molecule has 0 saturated heterocycles. The van der Waals surface area contributed by atoms with Gasteiger partial charge < -0.3 is 4.74 Å². The summed E-state index contributed by atoms with van der Waals surface area (Å²) in [5, 5.41) is 6.03. The molecular formula is C15H18N2O2. The number of benzene rings is 1. The first-order valence-corrected chi connectivity index (χ1v) is 6.88. The fourth-order valence-electron chi connectivity index (χ4n) is 2.23. The Bertz CT molecular complexity index is 480. The average Bonchev–Trinajstić information content (AvgIpc) is 3.21. The summed E-state index contributed by atoms with van der Waals surface area (Å²) in [5.74, 6) is 1.61. The number of hydrogen-bond donors (Lipinski definition) is 0. The summed E-state index contributed by atoms with van der Waals surface area (Å²) >= 11 is 0. The van der Waals surface area contributed by atoms with Crippen molar-refractivity contribution in [3.63, 3.8) is 0 Å². The van der Waals surface area contributed by atoms with Crippen LogP contribution >= 0.6 is 0 Å². The summed E-state index contributed by atoms with van der Waals surface area (Å²) in [6.07, 6.45) is 3.75. The molecule has 0 aromatic heterocycles. The van der Waals surface area contributed by atoms with Gasteiger partial charge in [0.2, 0.25) is 5.91 Å². The molecule has 4 heteroatoms. The van der Waals surface area contributed by atoms with E-state index in [1.165, 1.54) is 12.8 Å². The number of hydrazone groups is 1. The van der Waals surface area contributed by atoms with Crippen LogP contribution < -0.4 is 4.74 Å². The Balaban J connectivity index is 1.41. The van der Waals surface area contributed by atoms with Gasteiger partial charge in [0.1, 0.15) is 5.75 Å². The number of amides is 1. The standard InChI is InChI=1S/C15H18N2O2/c18-15-11-14(12-7-8-12)16-17(15)9-4-10-19-13-5-2-1-3-6-13/h1-3,5-6,12H,4,7-11H2. The van der Waals surface area contributed by atoms with E-state index in [9.17, 15) is 4.79 Å². The van der Waals surface area contributed by atoms with Crippen molar-refractivity contribution in [2.24, 2.45) is 11.0 Å². The van der Waals surface area contributed by atoms with Crippen molar-refractivity contribution in [1.29, 1.82) is 0 Å². The molecule has 1 aliphatic heterocycles. The minimum absolute atomic E-state index is 0.140.